The second-order valence-corrected chi connectivity index (χ2v) is 13.7. The van der Waals surface area contributed by atoms with Crippen molar-refractivity contribution in [3.8, 4) is 5.69 Å². The van der Waals surface area contributed by atoms with E-state index in [2.05, 4.69) is 15.7 Å². The Morgan fingerprint density at radius 2 is 1.71 bits per heavy atom. The predicted octanol–water partition coefficient (Wildman–Crippen LogP) is 3.25. The first-order valence-electron chi connectivity index (χ1n) is 17.5. The highest BCUT2D eigenvalue weighted by molar-refractivity contribution is 6.04. The Bertz CT molecular complexity index is 1850. The van der Waals surface area contributed by atoms with Gasteiger partial charge in [-0.2, -0.15) is 5.10 Å². The molecule has 268 valence electrons. The third-order valence-electron chi connectivity index (χ3n) is 9.38. The summed E-state index contributed by atoms with van der Waals surface area (Å²) in [4.78, 5) is 66.1. The average Bonchev–Trinajstić information content (AvgIpc) is 3.58. The molecule has 0 bridgehead atoms. The molecule has 4 aromatic rings. The van der Waals surface area contributed by atoms with Crippen LogP contribution in [0.25, 0.3) is 16.6 Å². The van der Waals surface area contributed by atoms with Crippen molar-refractivity contribution in [2.45, 2.75) is 57.9 Å². The Hall–Kier alpha value is -5.36. The molecule has 0 saturated carbocycles. The SMILES string of the molecule is CC(C)CC(CC(=O)C(Cc1ccccc1)NC(=O)CN)C(=O)NCC(=O)N1CCC[C@H](c2ccc(-n3cc4cccc(C(N)=O)c4n3)cc2)C1. The molecule has 1 aliphatic heterocycles. The monoisotopic (exact) mass is 693 g/mol. The van der Waals surface area contributed by atoms with Gasteiger partial charge in [0.1, 0.15) is 5.52 Å². The number of aromatic nitrogens is 2. The van der Waals surface area contributed by atoms with Gasteiger partial charge in [-0.05, 0) is 60.9 Å². The Morgan fingerprint density at radius 1 is 0.961 bits per heavy atom. The van der Waals surface area contributed by atoms with Crippen LogP contribution in [0.5, 0.6) is 0 Å². The van der Waals surface area contributed by atoms with E-state index in [1.165, 1.54) is 0 Å². The second kappa shape index (κ2) is 17.0. The molecule has 12 heteroatoms. The van der Waals surface area contributed by atoms with Crippen molar-refractivity contribution in [2.24, 2.45) is 23.3 Å². The Kier molecular flexibility index (Phi) is 12.3. The number of amides is 4. The highest BCUT2D eigenvalue weighted by atomic mass is 16.2. The summed E-state index contributed by atoms with van der Waals surface area (Å²) in [5, 5.41) is 10.9. The zero-order chi connectivity index (χ0) is 36.5. The van der Waals surface area contributed by atoms with Crippen LogP contribution in [-0.4, -0.2) is 76.3 Å². The average molecular weight is 694 g/mol. The minimum atomic E-state index is -0.819. The first-order valence-corrected chi connectivity index (χ1v) is 17.5. The lowest BCUT2D eigenvalue weighted by Crippen LogP contribution is -2.47. The summed E-state index contributed by atoms with van der Waals surface area (Å²) < 4.78 is 1.72. The third-order valence-corrected chi connectivity index (χ3v) is 9.38. The van der Waals surface area contributed by atoms with Gasteiger partial charge >= 0.3 is 0 Å². The molecule has 0 spiro atoms. The zero-order valence-electron chi connectivity index (χ0n) is 29.2. The maximum Gasteiger partial charge on any atom is 0.250 e. The van der Waals surface area contributed by atoms with E-state index in [4.69, 9.17) is 11.5 Å². The lowest BCUT2D eigenvalue weighted by molar-refractivity contribution is -0.136. The topological polar surface area (TPSA) is 183 Å². The van der Waals surface area contributed by atoms with Crippen molar-refractivity contribution in [3.05, 3.63) is 95.7 Å². The van der Waals surface area contributed by atoms with E-state index in [9.17, 15) is 24.0 Å². The number of hydrogen-bond donors (Lipinski definition) is 4. The largest absolute Gasteiger partial charge is 0.366 e. The number of nitrogens with two attached hydrogens (primary N) is 2. The lowest BCUT2D eigenvalue weighted by Gasteiger charge is -2.33. The molecule has 6 N–H and O–H groups in total. The summed E-state index contributed by atoms with van der Waals surface area (Å²) in [5.41, 5.74) is 14.8. The number of hydrogen-bond acceptors (Lipinski definition) is 7. The van der Waals surface area contributed by atoms with Crippen molar-refractivity contribution in [1.82, 2.24) is 25.3 Å². The molecule has 0 aliphatic carbocycles. The number of nitrogens with one attached hydrogen (secondary N) is 2. The van der Waals surface area contributed by atoms with Gasteiger partial charge in [0.25, 0.3) is 5.91 Å². The van der Waals surface area contributed by atoms with Crippen molar-refractivity contribution in [2.75, 3.05) is 26.2 Å². The fraction of sp³-hybridized carbons (Fsp3) is 0.385. The molecule has 2 heterocycles. The van der Waals surface area contributed by atoms with Gasteiger partial charge in [0.15, 0.2) is 5.78 Å². The first-order chi connectivity index (χ1) is 24.5. The number of nitrogens with zero attached hydrogens (tertiary/aromatic N) is 3. The van der Waals surface area contributed by atoms with E-state index in [0.717, 1.165) is 35.0 Å². The fourth-order valence-electron chi connectivity index (χ4n) is 6.76. The van der Waals surface area contributed by atoms with Crippen LogP contribution in [0, 0.1) is 11.8 Å². The normalized spacial score (nSPS) is 15.7. The van der Waals surface area contributed by atoms with Gasteiger partial charge in [-0.1, -0.05) is 68.4 Å². The molecule has 1 fully saturated rings. The number of rotatable bonds is 15. The number of fused-ring (bicyclic) bond motifs is 1. The number of carbonyl (C=O) groups is 5. The number of piperidine rings is 1. The maximum absolute atomic E-state index is 13.5. The van der Waals surface area contributed by atoms with E-state index in [1.54, 1.807) is 21.7 Å². The van der Waals surface area contributed by atoms with Gasteiger partial charge in [-0.3, -0.25) is 24.0 Å². The molecule has 1 saturated heterocycles. The quantitative estimate of drug-likeness (QED) is 0.147. The van der Waals surface area contributed by atoms with E-state index in [0.29, 0.717) is 30.6 Å². The molecule has 5 rings (SSSR count). The number of carbonyl (C=O) groups excluding carboxylic acids is 5. The molecule has 1 aromatic heterocycles. The Labute approximate surface area is 297 Å². The first kappa shape index (κ1) is 36.9. The molecular weight excluding hydrogens is 646 g/mol. The van der Waals surface area contributed by atoms with Crippen LogP contribution in [0.1, 0.15) is 66.9 Å². The smallest absolute Gasteiger partial charge is 0.250 e. The number of Topliss-reactive ketones (excluding diaryl/α,β-unsaturated/α-hetero) is 1. The van der Waals surface area contributed by atoms with Crippen molar-refractivity contribution in [1.29, 1.82) is 0 Å². The van der Waals surface area contributed by atoms with Gasteiger partial charge in [0.05, 0.1) is 30.4 Å². The number of benzene rings is 3. The van der Waals surface area contributed by atoms with E-state index >= 15 is 0 Å². The molecule has 1 aliphatic rings. The van der Waals surface area contributed by atoms with Gasteiger partial charge in [0.2, 0.25) is 17.7 Å². The fourth-order valence-corrected chi connectivity index (χ4v) is 6.76. The van der Waals surface area contributed by atoms with Crippen LogP contribution in [0.15, 0.2) is 79.0 Å². The number of likely N-dealkylation sites (tertiary alicyclic amines) is 1. The molecule has 3 aromatic carbocycles. The summed E-state index contributed by atoms with van der Waals surface area (Å²) in [6.45, 7) is 4.67. The van der Waals surface area contributed by atoms with Gasteiger partial charge < -0.3 is 27.0 Å². The highest BCUT2D eigenvalue weighted by Gasteiger charge is 2.30. The maximum atomic E-state index is 13.5. The summed E-state index contributed by atoms with van der Waals surface area (Å²) >= 11 is 0. The summed E-state index contributed by atoms with van der Waals surface area (Å²) in [6, 6.07) is 21.9. The molecular formula is C39H47N7O5. The van der Waals surface area contributed by atoms with Gasteiger partial charge in [0, 0.05) is 42.9 Å². The van der Waals surface area contributed by atoms with Crippen LogP contribution in [-0.2, 0) is 25.6 Å². The molecule has 51 heavy (non-hydrogen) atoms. The van der Waals surface area contributed by atoms with Gasteiger partial charge in [-0.15, -0.1) is 0 Å². The standard InChI is InChI=1S/C39H47N7O5/c1-25(2)18-30(20-34(47)33(43-35(48)21-40)19-26-8-4-3-5-9-26)39(51)42-22-36(49)45-17-7-11-28(23-45)27-13-15-31(16-14-27)46-24-29-10-6-12-32(38(41)50)37(29)44-46/h3-6,8-10,12-16,24-25,28,30,33H,7,11,17-23,40H2,1-2H3,(H2,41,50)(H,42,51)(H,43,48)/t28-,30?,33?/m0/s1. The van der Waals surface area contributed by atoms with E-state index in [1.807, 2.05) is 80.7 Å². The summed E-state index contributed by atoms with van der Waals surface area (Å²) in [5.74, 6) is -2.15. The van der Waals surface area contributed by atoms with Crippen LogP contribution >= 0.6 is 0 Å². The molecule has 0 radical (unpaired) electrons. The third kappa shape index (κ3) is 9.66. The van der Waals surface area contributed by atoms with Crippen molar-refractivity contribution < 1.29 is 24.0 Å². The van der Waals surface area contributed by atoms with E-state index in [-0.39, 0.29) is 55.4 Å². The zero-order valence-corrected chi connectivity index (χ0v) is 29.2. The van der Waals surface area contributed by atoms with E-state index < -0.39 is 23.8 Å². The molecule has 2 unspecified atom stereocenters. The predicted molar refractivity (Wildman–Crippen MR) is 195 cm³/mol. The van der Waals surface area contributed by atoms with Crippen LogP contribution in [0.2, 0.25) is 0 Å². The van der Waals surface area contributed by atoms with Crippen molar-refractivity contribution in [3.63, 3.8) is 0 Å². The summed E-state index contributed by atoms with van der Waals surface area (Å²) in [6.07, 6.45) is 4.29. The van der Waals surface area contributed by atoms with Gasteiger partial charge in [-0.25, -0.2) is 4.68 Å². The highest BCUT2D eigenvalue weighted by Crippen LogP contribution is 2.28. The number of ketones is 1. The number of primary amides is 1. The second-order valence-electron chi connectivity index (χ2n) is 13.7. The molecule has 3 atom stereocenters. The minimum absolute atomic E-state index is 0.0663. The minimum Gasteiger partial charge on any atom is -0.366 e. The Morgan fingerprint density at radius 3 is 2.39 bits per heavy atom. The molecule has 4 amide bonds. The molecule has 12 nitrogen and oxygen atoms in total. The van der Waals surface area contributed by atoms with Crippen molar-refractivity contribution >= 4 is 40.3 Å². The van der Waals surface area contributed by atoms with Crippen LogP contribution < -0.4 is 22.1 Å². The van der Waals surface area contributed by atoms with Crippen LogP contribution in [0.3, 0.4) is 0 Å². The summed E-state index contributed by atoms with van der Waals surface area (Å²) in [7, 11) is 0. The van der Waals surface area contributed by atoms with Crippen LogP contribution in [0.4, 0.5) is 0 Å². The lowest BCUT2D eigenvalue weighted by atomic mass is 9.88. The Balaban J connectivity index is 1.18.